The number of para-hydroxylation sites is 1. The maximum Gasteiger partial charge on any atom is 0.165 e. The van der Waals surface area contributed by atoms with E-state index in [2.05, 4.69) is 43.9 Å². The van der Waals surface area contributed by atoms with Crippen LogP contribution in [0.15, 0.2) is 40.9 Å². The van der Waals surface area contributed by atoms with E-state index >= 15 is 0 Å². The molecule has 2 aromatic rings. The summed E-state index contributed by atoms with van der Waals surface area (Å²) < 4.78 is 17.3. The second-order valence-corrected chi connectivity index (χ2v) is 7.53. The smallest absolute Gasteiger partial charge is 0.165 e. The number of nitrogens with zero attached hydrogens (tertiary/aromatic N) is 2. The molecule has 0 spiro atoms. The summed E-state index contributed by atoms with van der Waals surface area (Å²) in [6, 6.07) is 12.4. The molecule has 5 nitrogen and oxygen atoms in total. The summed E-state index contributed by atoms with van der Waals surface area (Å²) in [7, 11) is 5.07. The van der Waals surface area contributed by atoms with Gasteiger partial charge in [-0.3, -0.25) is 9.80 Å². The molecule has 6 heteroatoms. The highest BCUT2D eigenvalue weighted by atomic mass is 79.9. The summed E-state index contributed by atoms with van der Waals surface area (Å²) in [5, 5.41) is 0. The summed E-state index contributed by atoms with van der Waals surface area (Å²) >= 11 is 3.57. The molecular weight excluding hydrogens is 408 g/mol. The van der Waals surface area contributed by atoms with Crippen molar-refractivity contribution in [2.24, 2.45) is 0 Å². The van der Waals surface area contributed by atoms with Crippen LogP contribution in [0.2, 0.25) is 0 Å². The molecule has 1 aliphatic rings. The Morgan fingerprint density at radius 1 is 0.815 bits per heavy atom. The van der Waals surface area contributed by atoms with E-state index < -0.39 is 0 Å². The highest BCUT2D eigenvalue weighted by Crippen LogP contribution is 2.32. The highest BCUT2D eigenvalue weighted by molar-refractivity contribution is 9.10. The molecule has 0 unspecified atom stereocenters. The van der Waals surface area contributed by atoms with Crippen LogP contribution in [0.3, 0.4) is 0 Å². The van der Waals surface area contributed by atoms with Crippen LogP contribution in [0.5, 0.6) is 17.2 Å². The molecule has 0 bridgehead atoms. The molecule has 1 aliphatic heterocycles. The van der Waals surface area contributed by atoms with Crippen LogP contribution in [0.4, 0.5) is 0 Å². The van der Waals surface area contributed by atoms with Crippen LogP contribution in [0, 0.1) is 0 Å². The topological polar surface area (TPSA) is 34.2 Å². The van der Waals surface area contributed by atoms with Gasteiger partial charge in [-0.1, -0.05) is 18.2 Å². The van der Waals surface area contributed by atoms with Crippen molar-refractivity contribution in [3.8, 4) is 17.2 Å². The normalized spacial score (nSPS) is 15.6. The molecule has 0 N–H and O–H groups in total. The van der Waals surface area contributed by atoms with E-state index in [-0.39, 0.29) is 0 Å². The van der Waals surface area contributed by atoms with Gasteiger partial charge in [-0.15, -0.1) is 0 Å². The minimum Gasteiger partial charge on any atom is -0.496 e. The number of halogens is 1. The highest BCUT2D eigenvalue weighted by Gasteiger charge is 2.19. The number of hydrogen-bond donors (Lipinski definition) is 0. The number of ether oxygens (including phenoxy) is 3. The molecule has 0 aliphatic carbocycles. The van der Waals surface area contributed by atoms with Crippen molar-refractivity contribution in [1.82, 2.24) is 9.80 Å². The van der Waals surface area contributed by atoms with Crippen molar-refractivity contribution >= 4 is 15.9 Å². The lowest BCUT2D eigenvalue weighted by atomic mass is 10.1. The number of rotatable bonds is 7. The van der Waals surface area contributed by atoms with Crippen LogP contribution in [0.25, 0.3) is 0 Å². The molecule has 0 amide bonds. The molecule has 0 saturated carbocycles. The van der Waals surface area contributed by atoms with Gasteiger partial charge in [-0.05, 0) is 39.7 Å². The van der Waals surface area contributed by atoms with Gasteiger partial charge in [0, 0.05) is 44.8 Å². The fraction of sp³-hybridized carbons (Fsp3) is 0.429. The van der Waals surface area contributed by atoms with E-state index in [1.54, 1.807) is 21.3 Å². The van der Waals surface area contributed by atoms with Gasteiger partial charge in [-0.25, -0.2) is 0 Å². The molecule has 146 valence electrons. The minimum atomic E-state index is 0.790. The zero-order valence-electron chi connectivity index (χ0n) is 16.2. The van der Waals surface area contributed by atoms with E-state index in [4.69, 9.17) is 14.2 Å². The van der Waals surface area contributed by atoms with Gasteiger partial charge in [0.25, 0.3) is 0 Å². The van der Waals surface area contributed by atoms with Gasteiger partial charge in [0.15, 0.2) is 11.5 Å². The average Bonchev–Trinajstić information content (AvgIpc) is 2.69. The van der Waals surface area contributed by atoms with Crippen molar-refractivity contribution in [3.63, 3.8) is 0 Å². The summed E-state index contributed by atoms with van der Waals surface area (Å²) in [6.07, 6.45) is 0. The van der Waals surface area contributed by atoms with Gasteiger partial charge in [-0.2, -0.15) is 0 Å². The first-order valence-electron chi connectivity index (χ1n) is 9.11. The van der Waals surface area contributed by atoms with E-state index in [0.29, 0.717) is 0 Å². The van der Waals surface area contributed by atoms with Gasteiger partial charge < -0.3 is 14.2 Å². The Bertz CT molecular complexity index is 761. The Balaban J connectivity index is 1.56. The lowest BCUT2D eigenvalue weighted by Crippen LogP contribution is -2.45. The Morgan fingerprint density at radius 3 is 2.07 bits per heavy atom. The van der Waals surface area contributed by atoms with Gasteiger partial charge in [0.1, 0.15) is 5.75 Å². The quantitative estimate of drug-likeness (QED) is 0.661. The molecule has 27 heavy (non-hydrogen) atoms. The molecule has 0 aromatic heterocycles. The Morgan fingerprint density at radius 2 is 1.48 bits per heavy atom. The molecule has 0 atom stereocenters. The standard InChI is InChI=1S/C21H27BrN2O3/c1-25-19-8-7-16(13-18(19)22)14-23-9-11-24(12-10-23)15-17-5-4-6-20(26-2)21(17)27-3/h4-8,13H,9-12,14-15H2,1-3H3. The summed E-state index contributed by atoms with van der Waals surface area (Å²) in [4.78, 5) is 4.96. The molecular formula is C21H27BrN2O3. The van der Waals surface area contributed by atoms with Crippen molar-refractivity contribution in [2.45, 2.75) is 13.1 Å². The number of piperazine rings is 1. The largest absolute Gasteiger partial charge is 0.496 e. The summed E-state index contributed by atoms with van der Waals surface area (Å²) in [5.74, 6) is 2.50. The fourth-order valence-corrected chi connectivity index (χ4v) is 4.08. The second kappa shape index (κ2) is 9.44. The van der Waals surface area contributed by atoms with Crippen molar-refractivity contribution in [1.29, 1.82) is 0 Å². The predicted octanol–water partition coefficient (Wildman–Crippen LogP) is 3.79. The van der Waals surface area contributed by atoms with Crippen molar-refractivity contribution in [2.75, 3.05) is 47.5 Å². The lowest BCUT2D eigenvalue weighted by Gasteiger charge is -2.35. The maximum atomic E-state index is 5.56. The molecule has 0 radical (unpaired) electrons. The van der Waals surface area contributed by atoms with Gasteiger partial charge >= 0.3 is 0 Å². The third-order valence-electron chi connectivity index (χ3n) is 4.97. The second-order valence-electron chi connectivity index (χ2n) is 6.67. The fourth-order valence-electron chi connectivity index (χ4n) is 3.49. The van der Waals surface area contributed by atoms with E-state index in [9.17, 15) is 0 Å². The number of hydrogen-bond acceptors (Lipinski definition) is 5. The van der Waals surface area contributed by atoms with Crippen LogP contribution >= 0.6 is 15.9 Å². The molecule has 2 aromatic carbocycles. The first-order valence-corrected chi connectivity index (χ1v) is 9.91. The third-order valence-corrected chi connectivity index (χ3v) is 5.59. The van der Waals surface area contributed by atoms with Crippen LogP contribution in [-0.2, 0) is 13.1 Å². The monoisotopic (exact) mass is 434 g/mol. The average molecular weight is 435 g/mol. The number of benzene rings is 2. The third kappa shape index (κ3) is 4.94. The van der Waals surface area contributed by atoms with E-state index in [1.807, 2.05) is 18.2 Å². The molecule has 1 fully saturated rings. The predicted molar refractivity (Wildman–Crippen MR) is 111 cm³/mol. The Hall–Kier alpha value is -1.76. The SMILES string of the molecule is COc1ccc(CN2CCN(Cc3cccc(OC)c3OC)CC2)cc1Br. The molecule has 1 heterocycles. The van der Waals surface area contributed by atoms with Crippen LogP contribution in [-0.4, -0.2) is 57.3 Å². The summed E-state index contributed by atoms with van der Waals surface area (Å²) in [6.45, 7) is 6.02. The summed E-state index contributed by atoms with van der Waals surface area (Å²) in [5.41, 5.74) is 2.47. The first kappa shape index (κ1) is 20.0. The van der Waals surface area contributed by atoms with Crippen molar-refractivity contribution < 1.29 is 14.2 Å². The van der Waals surface area contributed by atoms with Gasteiger partial charge in [0.2, 0.25) is 0 Å². The molecule has 3 rings (SSSR count). The van der Waals surface area contributed by atoms with E-state index in [1.165, 1.54) is 11.1 Å². The van der Waals surface area contributed by atoms with Crippen molar-refractivity contribution in [3.05, 3.63) is 52.0 Å². The Labute approximate surface area is 169 Å². The minimum absolute atomic E-state index is 0.790. The Kier molecular flexibility index (Phi) is 6.99. The van der Waals surface area contributed by atoms with E-state index in [0.717, 1.165) is 61.0 Å². The first-order chi connectivity index (χ1) is 13.1. The van der Waals surface area contributed by atoms with Crippen LogP contribution in [0.1, 0.15) is 11.1 Å². The van der Waals surface area contributed by atoms with Gasteiger partial charge in [0.05, 0.1) is 25.8 Å². The number of methoxy groups -OCH3 is 3. The lowest BCUT2D eigenvalue weighted by molar-refractivity contribution is 0.121. The van der Waals surface area contributed by atoms with Crippen LogP contribution < -0.4 is 14.2 Å². The maximum absolute atomic E-state index is 5.56. The molecule has 1 saturated heterocycles. The zero-order valence-corrected chi connectivity index (χ0v) is 17.8. The zero-order chi connectivity index (χ0) is 19.2.